The van der Waals surface area contributed by atoms with Crippen LogP contribution >= 0.6 is 0 Å². The van der Waals surface area contributed by atoms with Gasteiger partial charge in [0, 0.05) is 19.0 Å². The first-order chi connectivity index (χ1) is 20.2. The predicted molar refractivity (Wildman–Crippen MR) is 172 cm³/mol. The molecule has 6 nitrogen and oxygen atoms in total. The minimum atomic E-state index is -0.251. The molecule has 0 aromatic heterocycles. The van der Waals surface area contributed by atoms with E-state index in [1.165, 1.54) is 24.0 Å². The van der Waals surface area contributed by atoms with Crippen LogP contribution in [0.2, 0.25) is 0 Å². The molecule has 2 fully saturated rings. The number of hydrogen-bond acceptors (Lipinski definition) is 5. The first-order valence-corrected chi connectivity index (χ1v) is 15.8. The summed E-state index contributed by atoms with van der Waals surface area (Å²) < 4.78 is 0. The summed E-state index contributed by atoms with van der Waals surface area (Å²) in [5.41, 5.74) is 6.57. The zero-order valence-corrected chi connectivity index (χ0v) is 26.2. The summed E-state index contributed by atoms with van der Waals surface area (Å²) in [6, 6.07) is 14.7. The highest BCUT2D eigenvalue weighted by Crippen LogP contribution is 2.44. The summed E-state index contributed by atoms with van der Waals surface area (Å²) in [6.45, 7) is 11.3. The second kappa shape index (κ2) is 14.8. The highest BCUT2D eigenvalue weighted by molar-refractivity contribution is 6.44. The predicted octanol–water partition coefficient (Wildman–Crippen LogP) is 7.52. The Hall–Kier alpha value is -3.25. The molecule has 0 heterocycles. The van der Waals surface area contributed by atoms with Gasteiger partial charge < -0.3 is 15.3 Å². The van der Waals surface area contributed by atoms with Crippen LogP contribution in [-0.2, 0) is 16.1 Å². The van der Waals surface area contributed by atoms with E-state index >= 15 is 0 Å². The second-order valence-corrected chi connectivity index (χ2v) is 12.6. The maximum atomic E-state index is 14.1. The van der Waals surface area contributed by atoms with E-state index in [1.807, 2.05) is 52.0 Å². The van der Waals surface area contributed by atoms with E-state index in [-0.39, 0.29) is 36.2 Å². The lowest BCUT2D eigenvalue weighted by Gasteiger charge is -2.31. The molecule has 2 aromatic rings. The van der Waals surface area contributed by atoms with Gasteiger partial charge in [0.15, 0.2) is 5.78 Å². The van der Waals surface area contributed by atoms with Crippen molar-refractivity contribution in [3.63, 3.8) is 0 Å². The third-order valence-corrected chi connectivity index (χ3v) is 8.66. The van der Waals surface area contributed by atoms with Crippen molar-refractivity contribution in [2.75, 3.05) is 18.4 Å². The molecule has 226 valence electrons. The summed E-state index contributed by atoms with van der Waals surface area (Å²) in [7, 11) is 0. The van der Waals surface area contributed by atoms with Gasteiger partial charge in [0.25, 0.3) is 5.91 Å². The molecule has 0 radical (unpaired) electrons. The van der Waals surface area contributed by atoms with Gasteiger partial charge in [-0.3, -0.25) is 9.59 Å². The molecule has 6 heteroatoms. The molecular weight excluding hydrogens is 522 g/mol. The molecule has 2 aliphatic carbocycles. The van der Waals surface area contributed by atoms with Crippen LogP contribution in [0.5, 0.6) is 0 Å². The number of Topliss-reactive ketones (excluding diaryl/α,β-unsaturated/α-hetero) is 1. The van der Waals surface area contributed by atoms with Gasteiger partial charge in [0.1, 0.15) is 5.71 Å². The number of aliphatic imine (C=N–C) groups is 1. The maximum Gasteiger partial charge on any atom is 0.272 e. The van der Waals surface area contributed by atoms with Crippen molar-refractivity contribution in [1.29, 1.82) is 0 Å². The minimum Gasteiger partial charge on any atom is -0.393 e. The number of anilines is 1. The van der Waals surface area contributed by atoms with Crippen molar-refractivity contribution in [3.05, 3.63) is 70.8 Å². The van der Waals surface area contributed by atoms with E-state index < -0.39 is 0 Å². The topological polar surface area (TPSA) is 82.0 Å². The molecule has 1 atom stereocenters. The van der Waals surface area contributed by atoms with Crippen LogP contribution < -0.4 is 5.32 Å². The zero-order valence-electron chi connectivity index (χ0n) is 26.2. The van der Waals surface area contributed by atoms with Crippen LogP contribution in [0.4, 0.5) is 11.4 Å². The number of carbonyl (C=O) groups is 2. The molecule has 2 N–H and O–H groups in total. The van der Waals surface area contributed by atoms with Gasteiger partial charge in [-0.15, -0.1) is 0 Å². The number of ketones is 1. The Labute approximate surface area is 252 Å². The fraction of sp³-hybridized carbons (Fsp3) is 0.528. The summed E-state index contributed by atoms with van der Waals surface area (Å²) in [5.74, 6) is 0.594. The molecule has 2 aromatic carbocycles. The van der Waals surface area contributed by atoms with Crippen molar-refractivity contribution >= 4 is 28.8 Å². The van der Waals surface area contributed by atoms with Crippen molar-refractivity contribution in [3.8, 4) is 0 Å². The quantitative estimate of drug-likeness (QED) is 0.244. The largest absolute Gasteiger partial charge is 0.393 e. The van der Waals surface area contributed by atoms with Gasteiger partial charge in [-0.25, -0.2) is 4.99 Å². The number of carbonyl (C=O) groups excluding carboxylic acids is 2. The Bertz CT molecular complexity index is 1280. The average molecular weight is 572 g/mol. The monoisotopic (exact) mass is 571 g/mol. The van der Waals surface area contributed by atoms with Gasteiger partial charge >= 0.3 is 0 Å². The smallest absolute Gasteiger partial charge is 0.272 e. The number of aliphatic hydroxyl groups is 1. The molecule has 2 aliphatic rings. The Balaban J connectivity index is 1.62. The zero-order chi connectivity index (χ0) is 30.2. The molecule has 2 saturated carbocycles. The number of aliphatic hydroxyl groups excluding tert-OH is 1. The Kier molecular flexibility index (Phi) is 11.1. The third-order valence-electron chi connectivity index (χ3n) is 8.66. The molecule has 0 saturated heterocycles. The summed E-state index contributed by atoms with van der Waals surface area (Å²) in [6.07, 6.45) is 7.97. The Morgan fingerprint density at radius 3 is 2.38 bits per heavy atom. The van der Waals surface area contributed by atoms with Crippen molar-refractivity contribution in [2.45, 2.75) is 98.1 Å². The second-order valence-electron chi connectivity index (χ2n) is 12.6. The third kappa shape index (κ3) is 8.64. The highest BCUT2D eigenvalue weighted by atomic mass is 16.3. The van der Waals surface area contributed by atoms with Crippen molar-refractivity contribution < 1.29 is 14.7 Å². The Morgan fingerprint density at radius 2 is 1.76 bits per heavy atom. The number of aryl methyl sites for hydroxylation is 1. The number of hydrogen-bond donors (Lipinski definition) is 2. The minimum absolute atomic E-state index is 0.0846. The molecule has 0 bridgehead atoms. The van der Waals surface area contributed by atoms with Gasteiger partial charge in [-0.1, -0.05) is 55.8 Å². The van der Waals surface area contributed by atoms with E-state index in [0.29, 0.717) is 24.7 Å². The number of allylic oxidation sites excluding steroid dienone is 1. The number of nitrogens with zero attached hydrogens (tertiary/aromatic N) is 2. The number of nitrogens with one attached hydrogen (secondary N) is 1. The van der Waals surface area contributed by atoms with Gasteiger partial charge in [-0.2, -0.15) is 0 Å². The molecule has 4 rings (SSSR count). The average Bonchev–Trinajstić information content (AvgIpc) is 3.82. The molecule has 0 spiro atoms. The van der Waals surface area contributed by atoms with Crippen LogP contribution in [0.3, 0.4) is 0 Å². The van der Waals surface area contributed by atoms with E-state index in [0.717, 1.165) is 54.6 Å². The lowest BCUT2D eigenvalue weighted by molar-refractivity contribution is -0.133. The first-order valence-electron chi connectivity index (χ1n) is 15.8. The summed E-state index contributed by atoms with van der Waals surface area (Å²) >= 11 is 0. The van der Waals surface area contributed by atoms with E-state index in [9.17, 15) is 14.7 Å². The van der Waals surface area contributed by atoms with E-state index in [2.05, 4.69) is 36.5 Å². The summed E-state index contributed by atoms with van der Waals surface area (Å²) in [4.78, 5) is 34.2. The Morgan fingerprint density at radius 1 is 1.07 bits per heavy atom. The lowest BCUT2D eigenvalue weighted by atomic mass is 9.78. The van der Waals surface area contributed by atoms with Crippen LogP contribution in [0.25, 0.3) is 0 Å². The van der Waals surface area contributed by atoms with Gasteiger partial charge in [0.2, 0.25) is 0 Å². The van der Waals surface area contributed by atoms with Crippen LogP contribution in [-0.4, -0.2) is 46.6 Å². The van der Waals surface area contributed by atoms with Crippen LogP contribution in [0.15, 0.2) is 59.1 Å². The van der Waals surface area contributed by atoms with Crippen LogP contribution in [0.1, 0.15) is 95.2 Å². The fourth-order valence-corrected chi connectivity index (χ4v) is 5.95. The SMILES string of the molecule is CCCN(CC(=O)C(C)C1CCC(O)CC1)C(=O)C(C=C(C)C)=Nc1c(C)cc(C2CC2)cc1NCc1ccccc1. The van der Waals surface area contributed by atoms with E-state index in [1.54, 1.807) is 4.90 Å². The molecule has 1 unspecified atom stereocenters. The molecule has 1 amide bonds. The van der Waals surface area contributed by atoms with Crippen molar-refractivity contribution in [2.24, 2.45) is 16.8 Å². The van der Waals surface area contributed by atoms with Crippen molar-refractivity contribution in [1.82, 2.24) is 4.90 Å². The van der Waals surface area contributed by atoms with Gasteiger partial charge in [-0.05, 0) is 106 Å². The first kappa shape index (κ1) is 31.7. The molecular formula is C36H49N3O3. The number of amides is 1. The summed E-state index contributed by atoms with van der Waals surface area (Å²) in [5, 5.41) is 13.5. The highest BCUT2D eigenvalue weighted by Gasteiger charge is 2.31. The molecule has 0 aliphatic heterocycles. The van der Waals surface area contributed by atoms with Gasteiger partial charge in [0.05, 0.1) is 24.0 Å². The standard InChI is InChI=1S/C36H49N3O3/c1-6-18-39(23-34(41)26(5)28-14-16-31(40)17-15-28)36(42)33(19-24(2)3)38-35-25(4)20-30(29-12-13-29)21-32(35)37-22-27-10-8-7-9-11-27/h7-11,19-21,26,28-29,31,37,40H,6,12-18,22-23H2,1-5H3. The lowest BCUT2D eigenvalue weighted by Crippen LogP contribution is -2.42. The normalized spacial score (nSPS) is 19.6. The number of rotatable bonds is 13. The van der Waals surface area contributed by atoms with Crippen LogP contribution in [0, 0.1) is 18.8 Å². The molecule has 42 heavy (non-hydrogen) atoms. The maximum absolute atomic E-state index is 14.1. The fourth-order valence-electron chi connectivity index (χ4n) is 5.95. The number of benzene rings is 2. The van der Waals surface area contributed by atoms with E-state index in [4.69, 9.17) is 4.99 Å².